The minimum Gasteiger partial charge on any atom is -0.484 e. The van der Waals surface area contributed by atoms with Crippen LogP contribution in [0.4, 0.5) is 0 Å². The van der Waals surface area contributed by atoms with Crippen molar-refractivity contribution in [3.63, 3.8) is 0 Å². The van der Waals surface area contributed by atoms with Crippen molar-refractivity contribution in [3.8, 4) is 5.75 Å². The van der Waals surface area contributed by atoms with Gasteiger partial charge in [0, 0.05) is 0 Å². The smallest absolute Gasteiger partial charge is 0.328 e. The van der Waals surface area contributed by atoms with Gasteiger partial charge in [0.25, 0.3) is 5.91 Å². The van der Waals surface area contributed by atoms with E-state index in [9.17, 15) is 14.4 Å². The van der Waals surface area contributed by atoms with E-state index >= 15 is 0 Å². The first kappa shape index (κ1) is 17.5. The van der Waals surface area contributed by atoms with Gasteiger partial charge in [-0.1, -0.05) is 12.1 Å². The van der Waals surface area contributed by atoms with E-state index in [0.717, 1.165) is 5.56 Å². The quantitative estimate of drug-likeness (QED) is 0.665. The SMILES string of the molecule is CCOC(=O)[C@@H](C)NC(=O)COc1ccc(CC(N)=O)cc1. The lowest BCUT2D eigenvalue weighted by atomic mass is 10.1. The third kappa shape index (κ3) is 6.25. The van der Waals surface area contributed by atoms with Gasteiger partial charge in [-0.15, -0.1) is 0 Å². The lowest BCUT2D eigenvalue weighted by Crippen LogP contribution is -2.41. The molecule has 1 atom stereocenters. The fourth-order valence-electron chi connectivity index (χ4n) is 1.66. The number of carbonyl (C=O) groups is 3. The highest BCUT2D eigenvalue weighted by Gasteiger charge is 2.16. The number of ether oxygens (including phenoxy) is 2. The summed E-state index contributed by atoms with van der Waals surface area (Å²) in [6.07, 6.45) is 0.151. The predicted molar refractivity (Wildman–Crippen MR) is 79.1 cm³/mol. The zero-order valence-corrected chi connectivity index (χ0v) is 12.6. The number of primary amides is 1. The monoisotopic (exact) mass is 308 g/mol. The number of nitrogens with one attached hydrogen (secondary N) is 1. The molecule has 0 aromatic heterocycles. The Morgan fingerprint density at radius 1 is 1.23 bits per heavy atom. The van der Waals surface area contributed by atoms with Crippen LogP contribution in [0, 0.1) is 0 Å². The van der Waals surface area contributed by atoms with Gasteiger partial charge in [0.15, 0.2) is 6.61 Å². The van der Waals surface area contributed by atoms with Crippen LogP contribution in [0.25, 0.3) is 0 Å². The second-order valence-electron chi connectivity index (χ2n) is 4.62. The first-order valence-electron chi connectivity index (χ1n) is 6.88. The Kier molecular flexibility index (Phi) is 6.88. The zero-order valence-electron chi connectivity index (χ0n) is 12.6. The van der Waals surface area contributed by atoms with Crippen molar-refractivity contribution in [3.05, 3.63) is 29.8 Å². The van der Waals surface area contributed by atoms with Gasteiger partial charge in [-0.05, 0) is 31.5 Å². The molecular formula is C15H20N2O5. The number of nitrogens with two attached hydrogens (primary N) is 1. The molecule has 0 saturated heterocycles. The number of benzene rings is 1. The Hall–Kier alpha value is -2.57. The molecule has 0 aliphatic carbocycles. The molecule has 0 saturated carbocycles. The van der Waals surface area contributed by atoms with E-state index < -0.39 is 23.8 Å². The first-order valence-corrected chi connectivity index (χ1v) is 6.88. The van der Waals surface area contributed by atoms with Crippen molar-refractivity contribution >= 4 is 17.8 Å². The molecule has 0 spiro atoms. The van der Waals surface area contributed by atoms with Crippen LogP contribution in [-0.2, 0) is 25.5 Å². The van der Waals surface area contributed by atoms with Gasteiger partial charge in [-0.25, -0.2) is 4.79 Å². The molecule has 0 aliphatic rings. The van der Waals surface area contributed by atoms with Crippen LogP contribution in [0.15, 0.2) is 24.3 Å². The average Bonchev–Trinajstić information content (AvgIpc) is 2.46. The maximum absolute atomic E-state index is 11.6. The molecule has 0 aliphatic heterocycles. The van der Waals surface area contributed by atoms with Gasteiger partial charge in [-0.3, -0.25) is 9.59 Å². The average molecular weight is 308 g/mol. The molecule has 120 valence electrons. The van der Waals surface area contributed by atoms with E-state index in [4.69, 9.17) is 15.2 Å². The summed E-state index contributed by atoms with van der Waals surface area (Å²) < 4.78 is 10.1. The van der Waals surface area contributed by atoms with Gasteiger partial charge < -0.3 is 20.5 Å². The molecule has 7 nitrogen and oxygen atoms in total. The Morgan fingerprint density at radius 3 is 2.41 bits per heavy atom. The summed E-state index contributed by atoms with van der Waals surface area (Å²) in [5.41, 5.74) is 5.86. The molecule has 22 heavy (non-hydrogen) atoms. The Morgan fingerprint density at radius 2 is 1.86 bits per heavy atom. The molecule has 1 aromatic rings. The van der Waals surface area contributed by atoms with E-state index in [1.165, 1.54) is 6.92 Å². The molecule has 7 heteroatoms. The molecular weight excluding hydrogens is 288 g/mol. The van der Waals surface area contributed by atoms with Crippen LogP contribution in [0.1, 0.15) is 19.4 Å². The number of carbonyl (C=O) groups excluding carboxylic acids is 3. The maximum Gasteiger partial charge on any atom is 0.328 e. The standard InChI is InChI=1S/C15H20N2O5/c1-3-21-15(20)10(2)17-14(19)9-22-12-6-4-11(5-7-12)8-13(16)18/h4-7,10H,3,8-9H2,1-2H3,(H2,16,18)(H,17,19)/t10-/m1/s1. The zero-order chi connectivity index (χ0) is 16.5. The molecule has 0 bridgehead atoms. The fraction of sp³-hybridized carbons (Fsp3) is 0.400. The van der Waals surface area contributed by atoms with E-state index in [1.807, 2.05) is 0 Å². The summed E-state index contributed by atoms with van der Waals surface area (Å²) in [5, 5.41) is 2.47. The van der Waals surface area contributed by atoms with E-state index in [-0.39, 0.29) is 19.6 Å². The van der Waals surface area contributed by atoms with Crippen LogP contribution in [0.5, 0.6) is 5.75 Å². The number of hydrogen-bond acceptors (Lipinski definition) is 5. The third-order valence-electron chi connectivity index (χ3n) is 2.69. The van der Waals surface area contributed by atoms with Gasteiger partial charge in [-0.2, -0.15) is 0 Å². The number of rotatable bonds is 8. The van der Waals surface area contributed by atoms with Crippen molar-refractivity contribution in [1.82, 2.24) is 5.32 Å². The topological polar surface area (TPSA) is 108 Å². The predicted octanol–water partition coefficient (Wildman–Crippen LogP) is 0.161. The van der Waals surface area contributed by atoms with Crippen LogP contribution >= 0.6 is 0 Å². The van der Waals surface area contributed by atoms with Crippen LogP contribution in [-0.4, -0.2) is 37.0 Å². The summed E-state index contributed by atoms with van der Waals surface area (Å²) >= 11 is 0. The van der Waals surface area contributed by atoms with Crippen molar-refractivity contribution in [2.24, 2.45) is 5.73 Å². The minimum absolute atomic E-state index is 0.151. The highest BCUT2D eigenvalue weighted by atomic mass is 16.5. The Bertz CT molecular complexity index is 527. The molecule has 1 rings (SSSR count). The van der Waals surface area contributed by atoms with Gasteiger partial charge in [0.05, 0.1) is 13.0 Å². The summed E-state index contributed by atoms with van der Waals surface area (Å²) in [4.78, 5) is 33.8. The summed E-state index contributed by atoms with van der Waals surface area (Å²) in [7, 11) is 0. The summed E-state index contributed by atoms with van der Waals surface area (Å²) in [6.45, 7) is 3.26. The minimum atomic E-state index is -0.728. The van der Waals surface area contributed by atoms with Crippen LogP contribution in [0.2, 0.25) is 0 Å². The Labute approximate surface area is 128 Å². The highest BCUT2D eigenvalue weighted by Crippen LogP contribution is 2.12. The van der Waals surface area contributed by atoms with Gasteiger partial charge >= 0.3 is 5.97 Å². The number of esters is 1. The van der Waals surface area contributed by atoms with E-state index in [1.54, 1.807) is 31.2 Å². The second kappa shape index (κ2) is 8.66. The van der Waals surface area contributed by atoms with Crippen molar-refractivity contribution < 1.29 is 23.9 Å². The lowest BCUT2D eigenvalue weighted by molar-refractivity contribution is -0.147. The highest BCUT2D eigenvalue weighted by molar-refractivity contribution is 5.84. The Balaban J connectivity index is 2.40. The normalized spacial score (nSPS) is 11.4. The molecule has 2 amide bonds. The second-order valence-corrected chi connectivity index (χ2v) is 4.62. The van der Waals surface area contributed by atoms with Crippen LogP contribution in [0.3, 0.4) is 0 Å². The molecule has 1 aromatic carbocycles. The fourth-order valence-corrected chi connectivity index (χ4v) is 1.66. The van der Waals surface area contributed by atoms with E-state index in [2.05, 4.69) is 5.32 Å². The van der Waals surface area contributed by atoms with Crippen molar-refractivity contribution in [1.29, 1.82) is 0 Å². The number of hydrogen-bond donors (Lipinski definition) is 2. The lowest BCUT2D eigenvalue weighted by Gasteiger charge is -2.13. The summed E-state index contributed by atoms with van der Waals surface area (Å²) in [5.74, 6) is -0.860. The molecule has 0 heterocycles. The largest absolute Gasteiger partial charge is 0.484 e. The summed E-state index contributed by atoms with van der Waals surface area (Å²) in [6, 6.07) is 5.94. The van der Waals surface area contributed by atoms with Crippen LogP contribution < -0.4 is 15.8 Å². The molecule has 0 fully saturated rings. The molecule has 0 radical (unpaired) electrons. The number of amides is 2. The van der Waals surface area contributed by atoms with Gasteiger partial charge in [0.2, 0.25) is 5.91 Å². The van der Waals surface area contributed by atoms with Crippen molar-refractivity contribution in [2.75, 3.05) is 13.2 Å². The van der Waals surface area contributed by atoms with Gasteiger partial charge in [0.1, 0.15) is 11.8 Å². The molecule has 3 N–H and O–H groups in total. The third-order valence-corrected chi connectivity index (χ3v) is 2.69. The van der Waals surface area contributed by atoms with Crippen molar-refractivity contribution in [2.45, 2.75) is 26.3 Å². The molecule has 0 unspecified atom stereocenters. The first-order chi connectivity index (χ1) is 10.4. The maximum atomic E-state index is 11.6. The van der Waals surface area contributed by atoms with E-state index in [0.29, 0.717) is 5.75 Å².